The second kappa shape index (κ2) is 5.87. The molecule has 3 rings (SSSR count). The molecular weight excluding hydrogens is 294 g/mol. The first kappa shape index (κ1) is 15.3. The molecular formula is C17H19N3O3. The number of amides is 4. The maximum Gasteiger partial charge on any atom is 0.335 e. The number of aryl methyl sites for hydroxylation is 1. The van der Waals surface area contributed by atoms with Crippen molar-refractivity contribution in [2.45, 2.75) is 32.7 Å². The Morgan fingerprint density at radius 3 is 2.43 bits per heavy atom. The highest BCUT2D eigenvalue weighted by molar-refractivity contribution is 6.28. The number of nitrogens with zero attached hydrogens (tertiary/aromatic N) is 1. The number of imide groups is 2. The molecule has 1 atom stereocenters. The molecule has 6 heteroatoms. The Kier molecular flexibility index (Phi) is 3.90. The van der Waals surface area contributed by atoms with Crippen molar-refractivity contribution in [2.75, 3.05) is 4.90 Å². The fraction of sp³-hybridized carbons (Fsp3) is 0.353. The molecule has 6 nitrogen and oxygen atoms in total. The van der Waals surface area contributed by atoms with Crippen molar-refractivity contribution in [2.24, 2.45) is 5.92 Å². The van der Waals surface area contributed by atoms with Gasteiger partial charge in [-0.25, -0.2) is 9.69 Å². The van der Waals surface area contributed by atoms with Crippen LogP contribution in [0.25, 0.3) is 0 Å². The molecule has 0 unspecified atom stereocenters. The van der Waals surface area contributed by atoms with Gasteiger partial charge < -0.3 is 5.32 Å². The summed E-state index contributed by atoms with van der Waals surface area (Å²) in [5.41, 5.74) is 2.04. The van der Waals surface area contributed by atoms with Gasteiger partial charge >= 0.3 is 6.03 Å². The van der Waals surface area contributed by atoms with Gasteiger partial charge in [-0.05, 0) is 38.8 Å². The molecule has 0 spiro atoms. The monoisotopic (exact) mass is 313 g/mol. The second-order valence-corrected chi connectivity index (χ2v) is 5.90. The molecule has 1 saturated carbocycles. The highest BCUT2D eigenvalue weighted by atomic mass is 16.2. The van der Waals surface area contributed by atoms with Crippen molar-refractivity contribution >= 4 is 23.5 Å². The predicted molar refractivity (Wildman–Crippen MR) is 85.6 cm³/mol. The third kappa shape index (κ3) is 2.97. The number of carbonyl (C=O) groups excluding carboxylic acids is 3. The summed E-state index contributed by atoms with van der Waals surface area (Å²) in [7, 11) is 0. The number of allylic oxidation sites excluding steroid dienone is 1. The lowest BCUT2D eigenvalue weighted by molar-refractivity contribution is -0.132. The summed E-state index contributed by atoms with van der Waals surface area (Å²) in [6.07, 6.45) is 3.78. The fourth-order valence-corrected chi connectivity index (χ4v) is 2.58. The van der Waals surface area contributed by atoms with Gasteiger partial charge in [-0.15, -0.1) is 0 Å². The minimum absolute atomic E-state index is 0.312. The van der Waals surface area contributed by atoms with Crippen LogP contribution in [0.1, 0.15) is 25.3 Å². The minimum atomic E-state index is -1.01. The molecule has 1 aliphatic heterocycles. The maximum atomic E-state index is 12.8. The number of carbonyl (C=O) groups is 3. The van der Waals surface area contributed by atoms with Gasteiger partial charge in [-0.1, -0.05) is 23.8 Å². The first-order valence-corrected chi connectivity index (χ1v) is 7.69. The van der Waals surface area contributed by atoms with Crippen LogP contribution in [0.15, 0.2) is 36.0 Å². The molecule has 0 bridgehead atoms. The molecule has 1 saturated heterocycles. The standard InChI is InChI=1S/C17H19N3O3/c1-3-13(18-11-6-7-11)14-15(21)19-17(23)20(16(14)22)12-8-4-10(2)5-9-12/h3-5,8-9,11,14,18H,6-7H2,1-2H3,(H,19,21,23)/b13-3-/t14-/m1/s1. The number of anilines is 1. The summed E-state index contributed by atoms with van der Waals surface area (Å²) in [6, 6.07) is 6.64. The van der Waals surface area contributed by atoms with Gasteiger partial charge in [-0.3, -0.25) is 14.9 Å². The van der Waals surface area contributed by atoms with E-state index < -0.39 is 23.8 Å². The number of barbiturate groups is 1. The topological polar surface area (TPSA) is 78.5 Å². The van der Waals surface area contributed by atoms with Crippen molar-refractivity contribution in [3.05, 3.63) is 41.6 Å². The number of urea groups is 1. The van der Waals surface area contributed by atoms with E-state index in [-0.39, 0.29) is 0 Å². The van der Waals surface area contributed by atoms with E-state index in [4.69, 9.17) is 0 Å². The van der Waals surface area contributed by atoms with Gasteiger partial charge in [-0.2, -0.15) is 0 Å². The van der Waals surface area contributed by atoms with Crippen molar-refractivity contribution < 1.29 is 14.4 Å². The van der Waals surface area contributed by atoms with Gasteiger partial charge in [0, 0.05) is 11.7 Å². The third-order valence-electron chi connectivity index (χ3n) is 4.03. The van der Waals surface area contributed by atoms with Gasteiger partial charge in [0.25, 0.3) is 5.91 Å². The van der Waals surface area contributed by atoms with Crippen LogP contribution in [-0.2, 0) is 9.59 Å². The predicted octanol–water partition coefficient (Wildman–Crippen LogP) is 1.85. The summed E-state index contributed by atoms with van der Waals surface area (Å²) < 4.78 is 0. The van der Waals surface area contributed by atoms with Crippen LogP contribution in [0.3, 0.4) is 0 Å². The third-order valence-corrected chi connectivity index (χ3v) is 4.03. The van der Waals surface area contributed by atoms with E-state index in [2.05, 4.69) is 10.6 Å². The lowest BCUT2D eigenvalue weighted by atomic mass is 9.99. The zero-order valence-corrected chi connectivity index (χ0v) is 13.1. The number of benzene rings is 1. The molecule has 4 amide bonds. The van der Waals surface area contributed by atoms with Gasteiger partial charge in [0.15, 0.2) is 5.92 Å². The molecule has 120 valence electrons. The van der Waals surface area contributed by atoms with E-state index >= 15 is 0 Å². The van der Waals surface area contributed by atoms with Gasteiger partial charge in [0.2, 0.25) is 5.91 Å². The maximum absolute atomic E-state index is 12.8. The Labute approximate surface area is 134 Å². The first-order chi connectivity index (χ1) is 11.0. The van der Waals surface area contributed by atoms with Crippen molar-refractivity contribution in [1.29, 1.82) is 0 Å². The van der Waals surface area contributed by atoms with Crippen molar-refractivity contribution in [3.63, 3.8) is 0 Å². The van der Waals surface area contributed by atoms with Crippen LogP contribution in [0.2, 0.25) is 0 Å². The summed E-state index contributed by atoms with van der Waals surface area (Å²) >= 11 is 0. The summed E-state index contributed by atoms with van der Waals surface area (Å²) in [4.78, 5) is 38.1. The van der Waals surface area contributed by atoms with Crippen molar-refractivity contribution in [3.8, 4) is 0 Å². The first-order valence-electron chi connectivity index (χ1n) is 7.69. The molecule has 2 N–H and O–H groups in total. The second-order valence-electron chi connectivity index (χ2n) is 5.90. The average Bonchev–Trinajstić information content (AvgIpc) is 3.31. The summed E-state index contributed by atoms with van der Waals surface area (Å²) in [5, 5.41) is 5.49. The molecule has 0 aromatic heterocycles. The summed E-state index contributed by atoms with van der Waals surface area (Å²) in [5.74, 6) is -2.12. The number of nitrogens with one attached hydrogen (secondary N) is 2. The Morgan fingerprint density at radius 2 is 1.87 bits per heavy atom. The van der Waals surface area contributed by atoms with Crippen LogP contribution in [0.5, 0.6) is 0 Å². The van der Waals surface area contributed by atoms with Crippen LogP contribution < -0.4 is 15.5 Å². The van der Waals surface area contributed by atoms with E-state index in [0.717, 1.165) is 23.3 Å². The zero-order valence-electron chi connectivity index (χ0n) is 13.1. The number of hydrogen-bond acceptors (Lipinski definition) is 4. The van der Waals surface area contributed by atoms with E-state index in [1.165, 1.54) is 0 Å². The van der Waals surface area contributed by atoms with E-state index in [0.29, 0.717) is 17.4 Å². The molecule has 0 radical (unpaired) electrons. The van der Waals surface area contributed by atoms with Crippen molar-refractivity contribution in [1.82, 2.24) is 10.6 Å². The number of hydrogen-bond donors (Lipinski definition) is 2. The molecule has 1 heterocycles. The highest BCUT2D eigenvalue weighted by Gasteiger charge is 2.44. The van der Waals surface area contributed by atoms with Gasteiger partial charge in [0.05, 0.1) is 5.69 Å². The quantitative estimate of drug-likeness (QED) is 0.832. The number of rotatable bonds is 4. The molecule has 2 fully saturated rings. The molecule has 23 heavy (non-hydrogen) atoms. The fourth-order valence-electron chi connectivity index (χ4n) is 2.58. The minimum Gasteiger partial charge on any atom is -0.385 e. The Bertz CT molecular complexity index is 690. The van der Waals surface area contributed by atoms with E-state index in [1.807, 2.05) is 19.1 Å². The lowest BCUT2D eigenvalue weighted by Gasteiger charge is -2.31. The molecule has 1 aromatic rings. The SMILES string of the molecule is C/C=C(\NC1CC1)[C@@H]1C(=O)NC(=O)N(c2ccc(C)cc2)C1=O. The smallest absolute Gasteiger partial charge is 0.335 e. The van der Waals surface area contributed by atoms with E-state index in [9.17, 15) is 14.4 Å². The molecule has 1 aromatic carbocycles. The Hall–Kier alpha value is -2.63. The van der Waals surface area contributed by atoms with Gasteiger partial charge in [0.1, 0.15) is 0 Å². The summed E-state index contributed by atoms with van der Waals surface area (Å²) in [6.45, 7) is 3.70. The van der Waals surface area contributed by atoms with Crippen LogP contribution in [-0.4, -0.2) is 23.9 Å². The largest absolute Gasteiger partial charge is 0.385 e. The van der Waals surface area contributed by atoms with Crippen LogP contribution in [0.4, 0.5) is 10.5 Å². The lowest BCUT2D eigenvalue weighted by Crippen LogP contribution is -2.59. The molecule has 1 aliphatic carbocycles. The normalized spacial score (nSPS) is 22.2. The Morgan fingerprint density at radius 1 is 1.22 bits per heavy atom. The van der Waals surface area contributed by atoms with E-state index in [1.54, 1.807) is 25.1 Å². The Balaban J connectivity index is 1.91. The average molecular weight is 313 g/mol. The molecule has 2 aliphatic rings. The highest BCUT2D eigenvalue weighted by Crippen LogP contribution is 2.27. The van der Waals surface area contributed by atoms with Crippen LogP contribution in [0, 0.1) is 12.8 Å². The van der Waals surface area contributed by atoms with Crippen LogP contribution >= 0.6 is 0 Å². The zero-order chi connectivity index (χ0) is 16.6.